The number of carbonyl (C=O) groups is 1. The molecule has 1 aromatic heterocycles. The van der Waals surface area contributed by atoms with Crippen LogP contribution in [-0.2, 0) is 6.54 Å². The van der Waals surface area contributed by atoms with E-state index in [9.17, 15) is 9.18 Å². The molecular formula is C18H23FN4OS. The number of carbonyl (C=O) groups excluding carboxylic acids is 1. The van der Waals surface area contributed by atoms with Crippen molar-refractivity contribution < 1.29 is 9.18 Å². The number of amides is 2. The van der Waals surface area contributed by atoms with Gasteiger partial charge in [0.15, 0.2) is 0 Å². The number of halogens is 1. The SMILES string of the molecule is CSCC1CCCN(C(=O)NCc2cnn(-c3ccc(F)cc3)c2)C1. The fourth-order valence-electron chi connectivity index (χ4n) is 3.10. The predicted octanol–water partition coefficient (Wildman–Crippen LogP) is 3.30. The maximum atomic E-state index is 13.0. The van der Waals surface area contributed by atoms with E-state index in [0.717, 1.165) is 36.5 Å². The van der Waals surface area contributed by atoms with Crippen molar-refractivity contribution in [3.05, 3.63) is 48.0 Å². The van der Waals surface area contributed by atoms with E-state index < -0.39 is 0 Å². The molecule has 1 N–H and O–H groups in total. The van der Waals surface area contributed by atoms with Gasteiger partial charge < -0.3 is 10.2 Å². The first-order chi connectivity index (χ1) is 12.2. The van der Waals surface area contributed by atoms with Gasteiger partial charge in [0.25, 0.3) is 0 Å². The number of nitrogens with one attached hydrogen (secondary N) is 1. The summed E-state index contributed by atoms with van der Waals surface area (Å²) >= 11 is 1.84. The Hall–Kier alpha value is -2.02. The molecule has 7 heteroatoms. The van der Waals surface area contributed by atoms with Crippen molar-refractivity contribution in [1.82, 2.24) is 20.0 Å². The van der Waals surface area contributed by atoms with Crippen LogP contribution in [0, 0.1) is 11.7 Å². The summed E-state index contributed by atoms with van der Waals surface area (Å²) in [6.07, 6.45) is 7.95. The number of hydrogen-bond acceptors (Lipinski definition) is 3. The zero-order chi connectivity index (χ0) is 17.6. The van der Waals surface area contributed by atoms with Crippen LogP contribution in [0.2, 0.25) is 0 Å². The van der Waals surface area contributed by atoms with Crippen LogP contribution in [0.4, 0.5) is 9.18 Å². The minimum absolute atomic E-state index is 0.0136. The van der Waals surface area contributed by atoms with E-state index in [2.05, 4.69) is 16.7 Å². The van der Waals surface area contributed by atoms with Gasteiger partial charge in [-0.1, -0.05) is 0 Å². The Bertz CT molecular complexity index is 701. The molecule has 0 spiro atoms. The Labute approximate surface area is 151 Å². The lowest BCUT2D eigenvalue weighted by Crippen LogP contribution is -2.45. The van der Waals surface area contributed by atoms with Gasteiger partial charge in [0, 0.05) is 31.4 Å². The number of hydrogen-bond donors (Lipinski definition) is 1. The molecule has 2 aromatic rings. The summed E-state index contributed by atoms with van der Waals surface area (Å²) in [4.78, 5) is 14.3. The molecule has 5 nitrogen and oxygen atoms in total. The number of piperidine rings is 1. The third-order valence-electron chi connectivity index (χ3n) is 4.38. The van der Waals surface area contributed by atoms with Gasteiger partial charge in [0.05, 0.1) is 11.9 Å². The lowest BCUT2D eigenvalue weighted by molar-refractivity contribution is 0.170. The number of benzene rings is 1. The van der Waals surface area contributed by atoms with E-state index in [1.807, 2.05) is 22.9 Å². The van der Waals surface area contributed by atoms with E-state index >= 15 is 0 Å². The molecule has 25 heavy (non-hydrogen) atoms. The van der Waals surface area contributed by atoms with Gasteiger partial charge >= 0.3 is 6.03 Å². The van der Waals surface area contributed by atoms with Gasteiger partial charge in [-0.25, -0.2) is 13.9 Å². The Morgan fingerprint density at radius 3 is 2.96 bits per heavy atom. The van der Waals surface area contributed by atoms with Crippen molar-refractivity contribution >= 4 is 17.8 Å². The van der Waals surface area contributed by atoms with Gasteiger partial charge in [-0.3, -0.25) is 0 Å². The van der Waals surface area contributed by atoms with Crippen molar-refractivity contribution in [3.63, 3.8) is 0 Å². The Balaban J connectivity index is 1.53. The lowest BCUT2D eigenvalue weighted by atomic mass is 10.0. The molecule has 1 fully saturated rings. The molecule has 2 heterocycles. The van der Waals surface area contributed by atoms with E-state index in [4.69, 9.17) is 0 Å². The van der Waals surface area contributed by atoms with E-state index in [1.165, 1.54) is 18.6 Å². The van der Waals surface area contributed by atoms with Gasteiger partial charge in [0.1, 0.15) is 5.82 Å². The highest BCUT2D eigenvalue weighted by molar-refractivity contribution is 7.98. The highest BCUT2D eigenvalue weighted by atomic mass is 32.2. The number of nitrogens with zero attached hydrogens (tertiary/aromatic N) is 3. The first kappa shape index (κ1) is 17.8. The Morgan fingerprint density at radius 2 is 2.20 bits per heavy atom. The van der Waals surface area contributed by atoms with Crippen LogP contribution < -0.4 is 5.32 Å². The summed E-state index contributed by atoms with van der Waals surface area (Å²) in [7, 11) is 0. The molecular weight excluding hydrogens is 339 g/mol. The largest absolute Gasteiger partial charge is 0.334 e. The van der Waals surface area contributed by atoms with E-state index in [0.29, 0.717) is 12.5 Å². The monoisotopic (exact) mass is 362 g/mol. The van der Waals surface area contributed by atoms with Crippen molar-refractivity contribution in [3.8, 4) is 5.69 Å². The quantitative estimate of drug-likeness (QED) is 0.888. The molecule has 2 amide bonds. The maximum Gasteiger partial charge on any atom is 0.317 e. The summed E-state index contributed by atoms with van der Waals surface area (Å²) in [6, 6.07) is 6.13. The third kappa shape index (κ3) is 4.75. The molecule has 1 atom stereocenters. The normalized spacial score (nSPS) is 17.5. The first-order valence-corrected chi connectivity index (χ1v) is 9.86. The van der Waals surface area contributed by atoms with Crippen LogP contribution in [0.15, 0.2) is 36.7 Å². The van der Waals surface area contributed by atoms with Gasteiger partial charge in [-0.15, -0.1) is 0 Å². The second-order valence-electron chi connectivity index (χ2n) is 6.34. The van der Waals surface area contributed by atoms with Gasteiger partial charge in [0.2, 0.25) is 0 Å². The zero-order valence-corrected chi connectivity index (χ0v) is 15.1. The standard InChI is InChI=1S/C18H23FN4OS/c1-25-13-14-3-2-8-22(11-14)18(24)20-9-15-10-21-23(12-15)17-6-4-16(19)5-7-17/h4-7,10,12,14H,2-3,8-9,11,13H2,1H3,(H,20,24). The second-order valence-corrected chi connectivity index (χ2v) is 7.25. The predicted molar refractivity (Wildman–Crippen MR) is 98.4 cm³/mol. The minimum atomic E-state index is -0.273. The minimum Gasteiger partial charge on any atom is -0.334 e. The summed E-state index contributed by atoms with van der Waals surface area (Å²) in [5.41, 5.74) is 1.70. The van der Waals surface area contributed by atoms with Crippen molar-refractivity contribution in [2.24, 2.45) is 5.92 Å². The summed E-state index contributed by atoms with van der Waals surface area (Å²) < 4.78 is 14.7. The summed E-state index contributed by atoms with van der Waals surface area (Å²) in [5, 5.41) is 7.24. The molecule has 1 aliphatic heterocycles. The van der Waals surface area contributed by atoms with E-state index in [-0.39, 0.29) is 11.8 Å². The number of rotatable bonds is 5. The molecule has 1 saturated heterocycles. The smallest absolute Gasteiger partial charge is 0.317 e. The molecule has 0 aliphatic carbocycles. The number of urea groups is 1. The second kappa shape index (κ2) is 8.38. The Kier molecular flexibility index (Phi) is 5.96. The van der Waals surface area contributed by atoms with Gasteiger partial charge in [-0.2, -0.15) is 16.9 Å². The molecule has 0 bridgehead atoms. The highest BCUT2D eigenvalue weighted by Gasteiger charge is 2.23. The molecule has 134 valence electrons. The number of likely N-dealkylation sites (tertiary alicyclic amines) is 1. The third-order valence-corrected chi connectivity index (χ3v) is 5.18. The van der Waals surface area contributed by atoms with Crippen LogP contribution in [0.1, 0.15) is 18.4 Å². The topological polar surface area (TPSA) is 50.2 Å². The molecule has 1 unspecified atom stereocenters. The van der Waals surface area contributed by atoms with Crippen molar-refractivity contribution in [1.29, 1.82) is 0 Å². The fraction of sp³-hybridized carbons (Fsp3) is 0.444. The van der Waals surface area contributed by atoms with E-state index in [1.54, 1.807) is 23.0 Å². The van der Waals surface area contributed by atoms with Crippen molar-refractivity contribution in [2.45, 2.75) is 19.4 Å². The van der Waals surface area contributed by atoms with Crippen LogP contribution in [0.3, 0.4) is 0 Å². The Morgan fingerprint density at radius 1 is 1.40 bits per heavy atom. The zero-order valence-electron chi connectivity index (χ0n) is 14.3. The number of aromatic nitrogens is 2. The highest BCUT2D eigenvalue weighted by Crippen LogP contribution is 2.19. The summed E-state index contributed by atoms with van der Waals surface area (Å²) in [6.45, 7) is 2.09. The van der Waals surface area contributed by atoms with Crippen molar-refractivity contribution in [2.75, 3.05) is 25.1 Å². The van der Waals surface area contributed by atoms with Crippen LogP contribution in [-0.4, -0.2) is 45.8 Å². The molecule has 0 radical (unpaired) electrons. The first-order valence-electron chi connectivity index (χ1n) is 8.47. The molecule has 3 rings (SSSR count). The molecule has 1 aromatic carbocycles. The van der Waals surface area contributed by atoms with Crippen LogP contribution in [0.25, 0.3) is 5.69 Å². The van der Waals surface area contributed by atoms with Crippen LogP contribution >= 0.6 is 11.8 Å². The summed E-state index contributed by atoms with van der Waals surface area (Å²) in [5.74, 6) is 1.43. The van der Waals surface area contributed by atoms with Gasteiger partial charge in [-0.05, 0) is 55.0 Å². The average molecular weight is 362 g/mol. The fourth-order valence-corrected chi connectivity index (χ4v) is 3.84. The molecule has 1 aliphatic rings. The molecule has 0 saturated carbocycles. The lowest BCUT2D eigenvalue weighted by Gasteiger charge is -2.32. The van der Waals surface area contributed by atoms with Crippen LogP contribution in [0.5, 0.6) is 0 Å². The average Bonchev–Trinajstić information content (AvgIpc) is 3.10. The maximum absolute atomic E-state index is 13.0. The number of thioether (sulfide) groups is 1.